The van der Waals surface area contributed by atoms with Crippen LogP contribution in [-0.2, 0) is 14.4 Å². The van der Waals surface area contributed by atoms with Gasteiger partial charge in [0.2, 0.25) is 17.7 Å². The molecule has 3 amide bonds. The normalized spacial score (nSPS) is 15.7. The molecule has 0 spiro atoms. The van der Waals surface area contributed by atoms with E-state index in [9.17, 15) is 14.4 Å². The summed E-state index contributed by atoms with van der Waals surface area (Å²) in [6.07, 6.45) is 0.150. The second-order valence-corrected chi connectivity index (χ2v) is 8.46. The van der Waals surface area contributed by atoms with Crippen molar-refractivity contribution >= 4 is 57.2 Å². The first kappa shape index (κ1) is 21.0. The van der Waals surface area contributed by atoms with Gasteiger partial charge in [-0.05, 0) is 36.4 Å². The van der Waals surface area contributed by atoms with E-state index in [4.69, 9.17) is 11.6 Å². The van der Waals surface area contributed by atoms with Gasteiger partial charge in [0.15, 0.2) is 5.13 Å². The van der Waals surface area contributed by atoms with Crippen molar-refractivity contribution in [2.24, 2.45) is 5.92 Å². The summed E-state index contributed by atoms with van der Waals surface area (Å²) in [5.41, 5.74) is 3.02. The zero-order valence-electron chi connectivity index (χ0n) is 16.6. The van der Waals surface area contributed by atoms with E-state index in [1.165, 1.54) is 18.3 Å². The van der Waals surface area contributed by atoms with Crippen LogP contribution in [0.25, 0.3) is 11.3 Å². The monoisotopic (exact) mass is 454 g/mol. The summed E-state index contributed by atoms with van der Waals surface area (Å²) in [5, 5.41) is 8.46. The second kappa shape index (κ2) is 8.87. The SMILES string of the molecule is CC(=O)Nc1ccc(-c2csc(NC(=O)C3CC(=O)N(c4ccc(Cl)cc4)C3)n2)cc1. The molecule has 158 valence electrons. The molecule has 1 atom stereocenters. The lowest BCUT2D eigenvalue weighted by Crippen LogP contribution is -2.28. The molecular weight excluding hydrogens is 436 g/mol. The molecule has 1 aliphatic heterocycles. The van der Waals surface area contributed by atoms with Gasteiger partial charge in [0.25, 0.3) is 0 Å². The minimum atomic E-state index is -0.451. The predicted molar refractivity (Wildman–Crippen MR) is 122 cm³/mol. The third-order valence-corrected chi connectivity index (χ3v) is 5.88. The van der Waals surface area contributed by atoms with Crippen molar-refractivity contribution in [3.8, 4) is 11.3 Å². The Labute approximate surface area is 188 Å². The summed E-state index contributed by atoms with van der Waals surface area (Å²) in [5.74, 6) is -0.910. The Balaban J connectivity index is 1.39. The van der Waals surface area contributed by atoms with Crippen molar-refractivity contribution in [1.29, 1.82) is 0 Å². The fourth-order valence-electron chi connectivity index (χ4n) is 3.35. The number of benzene rings is 2. The standard InChI is InChI=1S/C22H19ClN4O3S/c1-13(28)24-17-6-2-14(3-7-17)19-12-31-22(25-19)26-21(30)15-10-20(29)27(11-15)18-8-4-16(23)5-9-18/h2-9,12,15H,10-11H2,1H3,(H,24,28)(H,25,26,30). The first-order chi connectivity index (χ1) is 14.9. The van der Waals surface area contributed by atoms with Crippen LogP contribution in [0.3, 0.4) is 0 Å². The number of thiazole rings is 1. The molecule has 0 bridgehead atoms. The average Bonchev–Trinajstić information content (AvgIpc) is 3.36. The number of aromatic nitrogens is 1. The largest absolute Gasteiger partial charge is 0.326 e. The van der Waals surface area contributed by atoms with E-state index in [0.717, 1.165) is 16.9 Å². The van der Waals surface area contributed by atoms with Gasteiger partial charge in [-0.15, -0.1) is 11.3 Å². The van der Waals surface area contributed by atoms with E-state index in [-0.39, 0.29) is 24.1 Å². The molecule has 1 aromatic heterocycles. The highest BCUT2D eigenvalue weighted by molar-refractivity contribution is 7.14. The number of nitrogens with zero attached hydrogens (tertiary/aromatic N) is 2. The molecule has 0 aliphatic carbocycles. The highest BCUT2D eigenvalue weighted by atomic mass is 35.5. The van der Waals surface area contributed by atoms with Gasteiger partial charge in [0.05, 0.1) is 11.6 Å². The van der Waals surface area contributed by atoms with Gasteiger partial charge in [-0.25, -0.2) is 4.98 Å². The number of carbonyl (C=O) groups excluding carboxylic acids is 3. The van der Waals surface area contributed by atoms with Crippen LogP contribution in [-0.4, -0.2) is 29.3 Å². The Morgan fingerprint density at radius 3 is 2.48 bits per heavy atom. The molecule has 9 heteroatoms. The summed E-state index contributed by atoms with van der Waals surface area (Å²) in [6.45, 7) is 1.77. The Hall–Kier alpha value is -3.23. The summed E-state index contributed by atoms with van der Waals surface area (Å²) >= 11 is 7.23. The lowest BCUT2D eigenvalue weighted by atomic mass is 10.1. The van der Waals surface area contributed by atoms with Crippen LogP contribution in [0.5, 0.6) is 0 Å². The lowest BCUT2D eigenvalue weighted by Gasteiger charge is -2.16. The van der Waals surface area contributed by atoms with Crippen LogP contribution in [0.1, 0.15) is 13.3 Å². The highest BCUT2D eigenvalue weighted by Gasteiger charge is 2.35. The number of amides is 3. The van der Waals surface area contributed by atoms with Crippen LogP contribution >= 0.6 is 22.9 Å². The Bertz CT molecular complexity index is 1130. The van der Waals surface area contributed by atoms with Crippen LogP contribution in [0.15, 0.2) is 53.9 Å². The highest BCUT2D eigenvalue weighted by Crippen LogP contribution is 2.29. The minimum absolute atomic E-state index is 0.0958. The molecule has 3 aromatic rings. The van der Waals surface area contributed by atoms with Crippen LogP contribution in [0.2, 0.25) is 5.02 Å². The summed E-state index contributed by atoms with van der Waals surface area (Å²) in [7, 11) is 0. The van der Waals surface area contributed by atoms with Crippen molar-refractivity contribution in [2.45, 2.75) is 13.3 Å². The lowest BCUT2D eigenvalue weighted by molar-refractivity contribution is -0.122. The van der Waals surface area contributed by atoms with Crippen LogP contribution in [0.4, 0.5) is 16.5 Å². The molecule has 2 N–H and O–H groups in total. The van der Waals surface area contributed by atoms with Gasteiger partial charge >= 0.3 is 0 Å². The molecule has 1 unspecified atom stereocenters. The number of hydrogen-bond donors (Lipinski definition) is 2. The molecule has 1 saturated heterocycles. The van der Waals surface area contributed by atoms with E-state index in [1.807, 2.05) is 17.5 Å². The molecule has 2 aromatic carbocycles. The molecule has 7 nitrogen and oxygen atoms in total. The smallest absolute Gasteiger partial charge is 0.231 e. The Kier molecular flexibility index (Phi) is 6.01. The molecular formula is C22H19ClN4O3S. The summed E-state index contributed by atoms with van der Waals surface area (Å²) in [6, 6.07) is 14.3. The third kappa shape index (κ3) is 4.92. The first-order valence-electron chi connectivity index (χ1n) is 9.59. The average molecular weight is 455 g/mol. The quantitative estimate of drug-likeness (QED) is 0.597. The van der Waals surface area contributed by atoms with Gasteiger partial charge in [-0.1, -0.05) is 23.7 Å². The van der Waals surface area contributed by atoms with Gasteiger partial charge in [0.1, 0.15) is 0 Å². The molecule has 31 heavy (non-hydrogen) atoms. The number of nitrogens with one attached hydrogen (secondary N) is 2. The molecule has 1 aliphatic rings. The van der Waals surface area contributed by atoms with Crippen molar-refractivity contribution in [1.82, 2.24) is 4.98 Å². The maximum absolute atomic E-state index is 12.7. The van der Waals surface area contributed by atoms with E-state index in [2.05, 4.69) is 15.6 Å². The maximum atomic E-state index is 12.7. The molecule has 0 radical (unpaired) electrons. The number of anilines is 3. The van der Waals surface area contributed by atoms with Gasteiger partial charge < -0.3 is 15.5 Å². The topological polar surface area (TPSA) is 91.4 Å². The maximum Gasteiger partial charge on any atom is 0.231 e. The fourth-order valence-corrected chi connectivity index (χ4v) is 4.20. The van der Waals surface area contributed by atoms with Crippen molar-refractivity contribution in [2.75, 3.05) is 22.1 Å². The van der Waals surface area contributed by atoms with E-state index < -0.39 is 5.92 Å². The van der Waals surface area contributed by atoms with E-state index in [1.54, 1.807) is 41.3 Å². The third-order valence-electron chi connectivity index (χ3n) is 4.87. The van der Waals surface area contributed by atoms with Crippen molar-refractivity contribution < 1.29 is 14.4 Å². The van der Waals surface area contributed by atoms with Gasteiger partial charge in [-0.3, -0.25) is 14.4 Å². The second-order valence-electron chi connectivity index (χ2n) is 7.17. The van der Waals surface area contributed by atoms with Crippen molar-refractivity contribution in [3.05, 3.63) is 58.9 Å². The van der Waals surface area contributed by atoms with E-state index in [0.29, 0.717) is 22.4 Å². The summed E-state index contributed by atoms with van der Waals surface area (Å²) < 4.78 is 0. The summed E-state index contributed by atoms with van der Waals surface area (Å²) in [4.78, 5) is 42.3. The zero-order chi connectivity index (χ0) is 22.0. The molecule has 2 heterocycles. The van der Waals surface area contributed by atoms with Crippen LogP contribution in [0, 0.1) is 5.92 Å². The molecule has 1 fully saturated rings. The number of hydrogen-bond acceptors (Lipinski definition) is 5. The minimum Gasteiger partial charge on any atom is -0.326 e. The number of rotatable bonds is 5. The van der Waals surface area contributed by atoms with Crippen LogP contribution < -0.4 is 15.5 Å². The Morgan fingerprint density at radius 2 is 1.81 bits per heavy atom. The molecule has 4 rings (SSSR count). The molecule has 0 saturated carbocycles. The van der Waals surface area contributed by atoms with Gasteiger partial charge in [-0.2, -0.15) is 0 Å². The van der Waals surface area contributed by atoms with Gasteiger partial charge in [0, 0.05) is 47.2 Å². The number of carbonyl (C=O) groups is 3. The zero-order valence-corrected chi connectivity index (χ0v) is 18.2. The van der Waals surface area contributed by atoms with E-state index >= 15 is 0 Å². The first-order valence-corrected chi connectivity index (χ1v) is 10.8. The predicted octanol–water partition coefficient (Wildman–Crippen LogP) is 4.41. The number of halogens is 1. The fraction of sp³-hybridized carbons (Fsp3) is 0.182. The Morgan fingerprint density at radius 1 is 1.10 bits per heavy atom. The van der Waals surface area contributed by atoms with Crippen molar-refractivity contribution in [3.63, 3.8) is 0 Å².